The Hall–Kier alpha value is -4.01. The fourth-order valence-corrected chi connectivity index (χ4v) is 3.92. The fraction of sp³-hybridized carbons (Fsp3) is 0.261. The lowest BCUT2D eigenvalue weighted by Gasteiger charge is -2.15. The van der Waals surface area contributed by atoms with Crippen LogP contribution >= 0.6 is 0 Å². The van der Waals surface area contributed by atoms with Crippen molar-refractivity contribution >= 4 is 17.2 Å². The molecule has 3 aromatic heterocycles. The minimum Gasteiger partial charge on any atom is -0.480 e. The van der Waals surface area contributed by atoms with Crippen molar-refractivity contribution in [3.63, 3.8) is 0 Å². The van der Waals surface area contributed by atoms with Crippen molar-refractivity contribution < 1.29 is 9.53 Å². The number of imidazole rings is 1. The lowest BCUT2D eigenvalue weighted by Crippen LogP contribution is -2.34. The molecular weight excluding hydrogens is 408 g/mol. The lowest BCUT2D eigenvalue weighted by atomic mass is 10.1. The maximum absolute atomic E-state index is 12.9. The minimum absolute atomic E-state index is 0.255. The van der Waals surface area contributed by atoms with Crippen molar-refractivity contribution in [2.45, 2.75) is 32.2 Å². The fourth-order valence-electron chi connectivity index (χ4n) is 3.92. The van der Waals surface area contributed by atoms with Crippen LogP contribution in [0, 0.1) is 0 Å². The maximum atomic E-state index is 12.9. The molecule has 0 aliphatic heterocycles. The second kappa shape index (κ2) is 7.92. The molecule has 9 heteroatoms. The Morgan fingerprint density at radius 3 is 2.88 bits per heavy atom. The molecule has 3 heterocycles. The Morgan fingerprint density at radius 2 is 2.03 bits per heavy atom. The van der Waals surface area contributed by atoms with Crippen molar-refractivity contribution in [1.82, 2.24) is 24.4 Å². The minimum atomic E-state index is -0.732. The van der Waals surface area contributed by atoms with Crippen LogP contribution in [0.25, 0.3) is 16.9 Å². The summed E-state index contributed by atoms with van der Waals surface area (Å²) in [5, 5.41) is 11.6. The first-order chi connectivity index (χ1) is 15.5. The Morgan fingerprint density at radius 1 is 1.16 bits per heavy atom. The highest BCUT2D eigenvalue weighted by molar-refractivity contribution is 5.94. The van der Waals surface area contributed by atoms with E-state index in [9.17, 15) is 9.59 Å². The van der Waals surface area contributed by atoms with E-state index in [-0.39, 0.29) is 11.5 Å². The summed E-state index contributed by atoms with van der Waals surface area (Å²) >= 11 is 0. The van der Waals surface area contributed by atoms with E-state index in [4.69, 9.17) is 4.74 Å². The van der Waals surface area contributed by atoms with E-state index >= 15 is 0 Å². The second-order valence-electron chi connectivity index (χ2n) is 7.80. The first-order valence-electron chi connectivity index (χ1n) is 10.4. The predicted octanol–water partition coefficient (Wildman–Crippen LogP) is 2.65. The van der Waals surface area contributed by atoms with Gasteiger partial charge in [0.15, 0.2) is 5.65 Å². The number of benzene rings is 1. The van der Waals surface area contributed by atoms with Gasteiger partial charge in [0.25, 0.3) is 5.56 Å². The number of aryl methyl sites for hydroxylation is 2. The van der Waals surface area contributed by atoms with Gasteiger partial charge in [0.05, 0.1) is 24.7 Å². The largest absolute Gasteiger partial charge is 0.480 e. The summed E-state index contributed by atoms with van der Waals surface area (Å²) in [4.78, 5) is 29.9. The number of amides is 1. The van der Waals surface area contributed by atoms with Crippen LogP contribution in [0.2, 0.25) is 0 Å². The van der Waals surface area contributed by atoms with E-state index in [1.807, 2.05) is 24.3 Å². The highest BCUT2D eigenvalue weighted by Crippen LogP contribution is 2.24. The van der Waals surface area contributed by atoms with Crippen LogP contribution in [0.3, 0.4) is 0 Å². The summed E-state index contributed by atoms with van der Waals surface area (Å²) in [7, 11) is 1.56. The van der Waals surface area contributed by atoms with E-state index in [1.54, 1.807) is 42.9 Å². The molecule has 0 radical (unpaired) electrons. The summed E-state index contributed by atoms with van der Waals surface area (Å²) in [5.74, 6) is 0.183. The van der Waals surface area contributed by atoms with Crippen LogP contribution in [0.1, 0.15) is 30.6 Å². The number of nitrogens with one attached hydrogen (secondary N) is 1. The van der Waals surface area contributed by atoms with Crippen LogP contribution in [-0.2, 0) is 17.6 Å². The molecule has 9 nitrogen and oxygen atoms in total. The number of nitrogens with zero attached hydrogens (tertiary/aromatic N) is 5. The van der Waals surface area contributed by atoms with Gasteiger partial charge in [0.2, 0.25) is 11.8 Å². The number of carbonyl (C=O) groups is 1. The molecule has 0 saturated heterocycles. The van der Waals surface area contributed by atoms with E-state index < -0.39 is 6.04 Å². The highest BCUT2D eigenvalue weighted by atomic mass is 16.5. The van der Waals surface area contributed by atoms with Crippen LogP contribution in [0.15, 0.2) is 53.5 Å². The third-order valence-corrected chi connectivity index (χ3v) is 5.66. The highest BCUT2D eigenvalue weighted by Gasteiger charge is 2.21. The summed E-state index contributed by atoms with van der Waals surface area (Å²) in [5.41, 5.74) is 4.48. The number of hydrogen-bond acceptors (Lipinski definition) is 6. The molecule has 1 unspecified atom stereocenters. The van der Waals surface area contributed by atoms with Gasteiger partial charge in [0.1, 0.15) is 6.04 Å². The number of methoxy groups -OCH3 is 1. The van der Waals surface area contributed by atoms with Gasteiger partial charge in [0, 0.05) is 23.4 Å². The van der Waals surface area contributed by atoms with Crippen LogP contribution < -0.4 is 15.6 Å². The molecule has 0 bridgehead atoms. The first-order valence-corrected chi connectivity index (χ1v) is 10.4. The third kappa shape index (κ3) is 3.62. The average Bonchev–Trinajstić information content (AvgIpc) is 3.44. The monoisotopic (exact) mass is 430 g/mol. The molecule has 0 saturated carbocycles. The quantitative estimate of drug-likeness (QED) is 0.522. The predicted molar refractivity (Wildman–Crippen MR) is 119 cm³/mol. The van der Waals surface area contributed by atoms with E-state index in [2.05, 4.69) is 20.5 Å². The zero-order valence-electron chi connectivity index (χ0n) is 17.8. The van der Waals surface area contributed by atoms with Gasteiger partial charge in [-0.25, -0.2) is 14.2 Å². The number of aromatic nitrogens is 5. The molecule has 4 aromatic rings. The van der Waals surface area contributed by atoms with Crippen molar-refractivity contribution in [3.8, 4) is 17.1 Å². The molecule has 1 aliphatic rings. The molecule has 5 rings (SSSR count). The van der Waals surface area contributed by atoms with Crippen molar-refractivity contribution in [2.75, 3.05) is 12.4 Å². The van der Waals surface area contributed by atoms with E-state index in [1.165, 1.54) is 4.68 Å². The zero-order chi connectivity index (χ0) is 22.2. The molecule has 0 spiro atoms. The molecule has 1 amide bonds. The molecule has 162 valence electrons. The van der Waals surface area contributed by atoms with Gasteiger partial charge in [-0.05, 0) is 49.9 Å². The number of ether oxygens (including phenoxy) is 1. The Labute approximate surface area is 183 Å². The van der Waals surface area contributed by atoms with Crippen LogP contribution in [0.5, 0.6) is 5.88 Å². The van der Waals surface area contributed by atoms with Gasteiger partial charge in [-0.2, -0.15) is 5.10 Å². The molecular formula is C23H22N6O3. The van der Waals surface area contributed by atoms with E-state index in [0.29, 0.717) is 22.9 Å². The summed E-state index contributed by atoms with van der Waals surface area (Å²) < 4.78 is 8.07. The van der Waals surface area contributed by atoms with Crippen molar-refractivity contribution in [3.05, 3.63) is 70.3 Å². The van der Waals surface area contributed by atoms with Gasteiger partial charge in [-0.1, -0.05) is 12.1 Å². The van der Waals surface area contributed by atoms with E-state index in [0.717, 1.165) is 36.1 Å². The molecule has 1 atom stereocenters. The third-order valence-electron chi connectivity index (χ3n) is 5.66. The summed E-state index contributed by atoms with van der Waals surface area (Å²) in [6.07, 6.45) is 4.50. The Bertz CT molecular complexity index is 1390. The lowest BCUT2D eigenvalue weighted by molar-refractivity contribution is -0.119. The molecule has 1 N–H and O–H groups in total. The Balaban J connectivity index is 1.38. The van der Waals surface area contributed by atoms with Gasteiger partial charge >= 0.3 is 0 Å². The number of fused-ring (bicyclic) bond motifs is 2. The summed E-state index contributed by atoms with van der Waals surface area (Å²) in [6, 6.07) is 11.8. The molecule has 1 aromatic carbocycles. The molecule has 0 fully saturated rings. The zero-order valence-corrected chi connectivity index (χ0v) is 17.8. The standard InChI is InChI=1S/C23H22N6O3/c1-14(29-22(30)12-16-6-4-8-18(16)26-29)23(31)24-17-7-3-5-15(11-17)19-13-28-20(25-19)9-10-21(27-28)32-2/h3,5,7,9-14H,4,6,8H2,1-2H3,(H,24,31). The Kier molecular flexibility index (Phi) is 4.93. The topological polar surface area (TPSA) is 103 Å². The first kappa shape index (κ1) is 19.9. The van der Waals surface area contributed by atoms with Crippen LogP contribution in [0.4, 0.5) is 5.69 Å². The average molecular weight is 430 g/mol. The maximum Gasteiger partial charge on any atom is 0.267 e. The number of carbonyl (C=O) groups excluding carboxylic acids is 1. The van der Waals surface area contributed by atoms with Gasteiger partial charge < -0.3 is 10.1 Å². The SMILES string of the molecule is COc1ccc2nc(-c3cccc(NC(=O)C(C)n4nc5c(cc4=O)CCC5)c3)cn2n1. The number of anilines is 1. The smallest absolute Gasteiger partial charge is 0.267 e. The van der Waals surface area contributed by atoms with Crippen molar-refractivity contribution in [2.24, 2.45) is 0 Å². The van der Waals surface area contributed by atoms with Crippen molar-refractivity contribution in [1.29, 1.82) is 0 Å². The normalized spacial score (nSPS) is 13.7. The number of rotatable bonds is 5. The summed E-state index contributed by atoms with van der Waals surface area (Å²) in [6.45, 7) is 1.68. The molecule has 32 heavy (non-hydrogen) atoms. The number of hydrogen-bond donors (Lipinski definition) is 1. The van der Waals surface area contributed by atoms with Crippen LogP contribution in [-0.4, -0.2) is 37.4 Å². The molecule has 1 aliphatic carbocycles. The second-order valence-corrected chi connectivity index (χ2v) is 7.80. The van der Waals surface area contributed by atoms with Gasteiger partial charge in [-0.15, -0.1) is 5.10 Å². The van der Waals surface area contributed by atoms with Gasteiger partial charge in [-0.3, -0.25) is 9.59 Å².